The average Bonchev–Trinajstić information content (AvgIpc) is 2.51. The van der Waals surface area contributed by atoms with Crippen LogP contribution in [0.15, 0.2) is 35.4 Å². The minimum Gasteiger partial charge on any atom is -0.491 e. The molecule has 0 unspecified atom stereocenters. The zero-order chi connectivity index (χ0) is 12.3. The summed E-state index contributed by atoms with van der Waals surface area (Å²) in [4.78, 5) is 14.0. The molecular weight excluding hydrogens is 238 g/mol. The highest BCUT2D eigenvalue weighted by Crippen LogP contribution is 2.22. The summed E-state index contributed by atoms with van der Waals surface area (Å²) in [7, 11) is 0. The van der Waals surface area contributed by atoms with Gasteiger partial charge in [0.2, 0.25) is 0 Å². The minimum absolute atomic E-state index is 0.00373. The lowest BCUT2D eigenvalue weighted by Gasteiger charge is -2.19. The van der Waals surface area contributed by atoms with Crippen molar-refractivity contribution in [3.63, 3.8) is 0 Å². The Morgan fingerprint density at radius 3 is 3.06 bits per heavy atom. The van der Waals surface area contributed by atoms with Crippen molar-refractivity contribution in [1.82, 2.24) is 4.90 Å². The summed E-state index contributed by atoms with van der Waals surface area (Å²) in [6.07, 6.45) is 0. The third-order valence-corrected chi connectivity index (χ3v) is 3.02. The number of para-hydroxylation sites is 1. The number of benzene rings is 1. The Balaban J connectivity index is 2.26. The van der Waals surface area contributed by atoms with E-state index in [1.807, 2.05) is 25.1 Å². The Hall–Kier alpha value is -1.48. The molecule has 17 heavy (non-hydrogen) atoms. The van der Waals surface area contributed by atoms with Crippen LogP contribution in [0.2, 0.25) is 0 Å². The van der Waals surface area contributed by atoms with Crippen molar-refractivity contribution in [3.05, 3.63) is 40.9 Å². The van der Waals surface area contributed by atoms with Crippen LogP contribution in [-0.4, -0.2) is 30.5 Å². The van der Waals surface area contributed by atoms with Crippen molar-refractivity contribution < 1.29 is 9.53 Å². The quantitative estimate of drug-likeness (QED) is 0.809. The van der Waals surface area contributed by atoms with E-state index >= 15 is 0 Å². The molecule has 1 aromatic carbocycles. The van der Waals surface area contributed by atoms with E-state index in [9.17, 15) is 4.79 Å². The summed E-state index contributed by atoms with van der Waals surface area (Å²) in [5, 5.41) is 0. The van der Waals surface area contributed by atoms with Crippen molar-refractivity contribution in [2.24, 2.45) is 0 Å². The molecule has 0 N–H and O–H groups in total. The first-order chi connectivity index (χ1) is 8.22. The number of carbonyl (C=O) groups is 1. The molecule has 1 amide bonds. The molecule has 0 spiro atoms. The van der Waals surface area contributed by atoms with Gasteiger partial charge in [-0.1, -0.05) is 23.7 Å². The normalized spacial score (nSPS) is 16.2. The van der Waals surface area contributed by atoms with Gasteiger partial charge in [0.1, 0.15) is 12.4 Å². The Bertz CT molecular complexity index is 456. The standard InChI is InChI=1S/C13H14ClNO2/c1-10(8-14)9-15-6-7-17-12-5-3-2-4-11(12)13(15)16/h2-5,8H,6-7,9H2,1H3/b10-8-. The number of hydrogen-bond donors (Lipinski definition) is 0. The van der Waals surface area contributed by atoms with Gasteiger partial charge in [-0.3, -0.25) is 4.79 Å². The molecule has 0 radical (unpaired) electrons. The van der Waals surface area contributed by atoms with Gasteiger partial charge in [0.05, 0.1) is 12.1 Å². The molecule has 1 heterocycles. The second-order valence-corrected chi connectivity index (χ2v) is 4.25. The topological polar surface area (TPSA) is 29.5 Å². The van der Waals surface area contributed by atoms with Crippen LogP contribution < -0.4 is 4.74 Å². The fourth-order valence-electron chi connectivity index (χ4n) is 1.79. The number of hydrogen-bond acceptors (Lipinski definition) is 2. The van der Waals surface area contributed by atoms with Gasteiger partial charge in [0.25, 0.3) is 5.91 Å². The lowest BCUT2D eigenvalue weighted by molar-refractivity contribution is 0.0771. The Kier molecular flexibility index (Phi) is 3.69. The van der Waals surface area contributed by atoms with Crippen LogP contribution in [0, 0.1) is 0 Å². The highest BCUT2D eigenvalue weighted by atomic mass is 35.5. The number of halogens is 1. The smallest absolute Gasteiger partial charge is 0.258 e. The van der Waals surface area contributed by atoms with Gasteiger partial charge in [-0.05, 0) is 24.6 Å². The Morgan fingerprint density at radius 2 is 2.29 bits per heavy atom. The largest absolute Gasteiger partial charge is 0.491 e. The molecule has 0 bridgehead atoms. The van der Waals surface area contributed by atoms with E-state index in [0.717, 1.165) is 5.57 Å². The molecular formula is C13H14ClNO2. The molecule has 2 rings (SSSR count). The van der Waals surface area contributed by atoms with Crippen LogP contribution in [0.3, 0.4) is 0 Å². The molecule has 1 aliphatic rings. The summed E-state index contributed by atoms with van der Waals surface area (Å²) >= 11 is 5.63. The first-order valence-corrected chi connectivity index (χ1v) is 5.93. The van der Waals surface area contributed by atoms with Crippen molar-refractivity contribution in [3.8, 4) is 5.75 Å². The fraction of sp³-hybridized carbons (Fsp3) is 0.308. The molecule has 0 saturated heterocycles. The number of nitrogens with zero attached hydrogens (tertiary/aromatic N) is 1. The third kappa shape index (κ3) is 2.61. The van der Waals surface area contributed by atoms with Crippen LogP contribution >= 0.6 is 11.6 Å². The van der Waals surface area contributed by atoms with Gasteiger partial charge in [-0.2, -0.15) is 0 Å². The van der Waals surface area contributed by atoms with E-state index in [-0.39, 0.29) is 5.91 Å². The molecule has 0 aromatic heterocycles. The van der Waals surface area contributed by atoms with E-state index in [2.05, 4.69) is 0 Å². The maximum atomic E-state index is 12.3. The summed E-state index contributed by atoms with van der Waals surface area (Å²) < 4.78 is 5.55. The van der Waals surface area contributed by atoms with Crippen LogP contribution in [0.25, 0.3) is 0 Å². The van der Waals surface area contributed by atoms with Crippen molar-refractivity contribution in [1.29, 1.82) is 0 Å². The van der Waals surface area contributed by atoms with E-state index < -0.39 is 0 Å². The monoisotopic (exact) mass is 251 g/mol. The molecule has 90 valence electrons. The van der Waals surface area contributed by atoms with Crippen molar-refractivity contribution in [2.45, 2.75) is 6.92 Å². The summed E-state index contributed by atoms with van der Waals surface area (Å²) in [6.45, 7) is 3.53. The minimum atomic E-state index is -0.00373. The van der Waals surface area contributed by atoms with Crippen LogP contribution in [-0.2, 0) is 0 Å². The first kappa shape index (κ1) is 12.0. The van der Waals surface area contributed by atoms with Crippen LogP contribution in [0.5, 0.6) is 5.75 Å². The van der Waals surface area contributed by atoms with Gasteiger partial charge >= 0.3 is 0 Å². The van der Waals surface area contributed by atoms with Gasteiger partial charge in [-0.15, -0.1) is 0 Å². The Morgan fingerprint density at radius 1 is 1.53 bits per heavy atom. The SMILES string of the molecule is C/C(=C/Cl)CN1CCOc2ccccc2C1=O. The third-order valence-electron chi connectivity index (χ3n) is 2.65. The predicted molar refractivity (Wildman–Crippen MR) is 67.5 cm³/mol. The molecule has 0 fully saturated rings. The number of fused-ring (bicyclic) bond motifs is 1. The second kappa shape index (κ2) is 5.23. The number of carbonyl (C=O) groups excluding carboxylic acids is 1. The molecule has 4 heteroatoms. The van der Waals surface area contributed by atoms with Crippen molar-refractivity contribution in [2.75, 3.05) is 19.7 Å². The maximum Gasteiger partial charge on any atom is 0.258 e. The number of ether oxygens (including phenoxy) is 1. The Labute approximate surface area is 106 Å². The average molecular weight is 252 g/mol. The zero-order valence-corrected chi connectivity index (χ0v) is 10.4. The molecule has 1 aromatic rings. The molecule has 3 nitrogen and oxygen atoms in total. The number of amides is 1. The molecule has 0 atom stereocenters. The van der Waals surface area contributed by atoms with Crippen LogP contribution in [0.1, 0.15) is 17.3 Å². The predicted octanol–water partition coefficient (Wildman–Crippen LogP) is 2.66. The highest BCUT2D eigenvalue weighted by Gasteiger charge is 2.22. The van der Waals surface area contributed by atoms with Crippen LogP contribution in [0.4, 0.5) is 0 Å². The molecule has 0 saturated carbocycles. The first-order valence-electron chi connectivity index (χ1n) is 5.49. The summed E-state index contributed by atoms with van der Waals surface area (Å²) in [5.74, 6) is 0.656. The van der Waals surface area contributed by atoms with E-state index in [4.69, 9.17) is 16.3 Å². The fourth-order valence-corrected chi connectivity index (χ4v) is 1.86. The van der Waals surface area contributed by atoms with Gasteiger partial charge in [0, 0.05) is 12.1 Å². The van der Waals surface area contributed by atoms with Gasteiger partial charge < -0.3 is 9.64 Å². The van der Waals surface area contributed by atoms with Gasteiger partial charge in [0.15, 0.2) is 0 Å². The highest BCUT2D eigenvalue weighted by molar-refractivity contribution is 6.25. The van der Waals surface area contributed by atoms with Gasteiger partial charge in [-0.25, -0.2) is 0 Å². The lowest BCUT2D eigenvalue weighted by atomic mass is 10.1. The van der Waals surface area contributed by atoms with E-state index in [1.54, 1.807) is 11.0 Å². The molecule has 0 aliphatic carbocycles. The second-order valence-electron chi connectivity index (χ2n) is 4.03. The lowest BCUT2D eigenvalue weighted by Crippen LogP contribution is -2.33. The van der Waals surface area contributed by atoms with Crippen molar-refractivity contribution >= 4 is 17.5 Å². The van der Waals surface area contributed by atoms with E-state index in [1.165, 1.54) is 5.54 Å². The maximum absolute atomic E-state index is 12.3. The number of rotatable bonds is 2. The molecule has 1 aliphatic heterocycles. The zero-order valence-electron chi connectivity index (χ0n) is 9.65. The summed E-state index contributed by atoms with van der Waals surface area (Å²) in [5.41, 5.74) is 3.08. The summed E-state index contributed by atoms with van der Waals surface area (Å²) in [6, 6.07) is 7.32. The van der Waals surface area contributed by atoms with E-state index in [0.29, 0.717) is 31.0 Å².